The van der Waals surface area contributed by atoms with Crippen LogP contribution >= 0.6 is 35.7 Å². The average Bonchev–Trinajstić information content (AvgIpc) is 2.33. The molecule has 0 aliphatic carbocycles. The molecule has 0 spiro atoms. The van der Waals surface area contributed by atoms with Gasteiger partial charge in [0.2, 0.25) is 0 Å². The van der Waals surface area contributed by atoms with Gasteiger partial charge in [-0.3, -0.25) is 4.55 Å². The summed E-state index contributed by atoms with van der Waals surface area (Å²) in [7, 11) is -3.87. The molecule has 0 amide bonds. The minimum atomic E-state index is -3.87. The van der Waals surface area contributed by atoms with E-state index < -0.39 is 10.1 Å². The van der Waals surface area contributed by atoms with Gasteiger partial charge in [0.25, 0.3) is 10.1 Å². The van der Waals surface area contributed by atoms with Gasteiger partial charge in [-0.05, 0) is 0 Å². The molecule has 1 aromatic heterocycles. The summed E-state index contributed by atoms with van der Waals surface area (Å²) < 4.78 is 30.2. The normalized spacial score (nSPS) is 11.0. The molecule has 0 bridgehead atoms. The van der Waals surface area contributed by atoms with Crippen molar-refractivity contribution in [1.29, 1.82) is 0 Å². The Morgan fingerprint density at radius 1 is 1.50 bits per heavy atom. The van der Waals surface area contributed by atoms with Crippen LogP contribution in [0.2, 0.25) is 0 Å². The van der Waals surface area contributed by atoms with E-state index in [0.29, 0.717) is 8.68 Å². The van der Waals surface area contributed by atoms with Crippen LogP contribution in [-0.2, 0) is 10.1 Å². The Balaban J connectivity index is 0.00000169. The van der Waals surface area contributed by atoms with E-state index in [2.05, 4.69) is 22.8 Å². The molecule has 0 saturated carbocycles. The molecule has 0 atom stereocenters. The first-order valence-corrected chi connectivity index (χ1v) is 6.93. The van der Waals surface area contributed by atoms with Crippen LogP contribution in [0.15, 0.2) is 8.68 Å². The second-order valence-electron chi connectivity index (χ2n) is 1.99. The Labute approximate surface area is 118 Å². The SMILES string of the molecule is O=S(=O)(O)CCSc1nnc(S)s1.[NaH]. The Bertz CT molecular complexity index is 378. The van der Waals surface area contributed by atoms with E-state index in [1.165, 1.54) is 23.1 Å². The average molecular weight is 282 g/mol. The van der Waals surface area contributed by atoms with E-state index in [4.69, 9.17) is 4.55 Å². The van der Waals surface area contributed by atoms with Gasteiger partial charge < -0.3 is 0 Å². The third-order valence-corrected chi connectivity index (χ3v) is 4.17. The van der Waals surface area contributed by atoms with E-state index in [1.54, 1.807) is 0 Å². The predicted molar refractivity (Wildman–Crippen MR) is 61.4 cm³/mol. The zero-order valence-electron chi connectivity index (χ0n) is 6.24. The number of aromatic nitrogens is 2. The van der Waals surface area contributed by atoms with Gasteiger partial charge in [0.15, 0.2) is 8.68 Å². The van der Waals surface area contributed by atoms with Gasteiger partial charge in [0.05, 0.1) is 5.75 Å². The molecular weight excluding hydrogens is 275 g/mol. The van der Waals surface area contributed by atoms with E-state index >= 15 is 0 Å². The molecule has 10 heteroatoms. The second kappa shape index (κ2) is 6.69. The van der Waals surface area contributed by atoms with Crippen molar-refractivity contribution in [3.63, 3.8) is 0 Å². The molecular formula is C4H7N2NaO3S4. The second-order valence-corrected chi connectivity index (χ2v) is 6.60. The third-order valence-electron chi connectivity index (χ3n) is 0.963. The van der Waals surface area contributed by atoms with Crippen LogP contribution in [0, 0.1) is 0 Å². The number of nitrogens with zero attached hydrogens (tertiary/aromatic N) is 2. The standard InChI is InChI=1S/C4H6N2O3S4.Na.H/c7-13(8,9)2-1-11-4-6-5-3(10)12-4;;/h1-2H2,(H,5,10)(H,7,8,9);;. The third kappa shape index (κ3) is 6.62. The molecule has 1 aromatic rings. The van der Waals surface area contributed by atoms with Crippen LogP contribution in [-0.4, -0.2) is 64.2 Å². The van der Waals surface area contributed by atoms with Gasteiger partial charge in [-0.25, -0.2) is 0 Å². The molecule has 0 radical (unpaired) electrons. The summed E-state index contributed by atoms with van der Waals surface area (Å²) in [4.78, 5) is 0. The van der Waals surface area contributed by atoms with Crippen molar-refractivity contribution in [1.82, 2.24) is 10.2 Å². The fourth-order valence-electron chi connectivity index (χ4n) is 0.495. The van der Waals surface area contributed by atoms with Crippen molar-refractivity contribution < 1.29 is 13.0 Å². The maximum atomic E-state index is 10.3. The van der Waals surface area contributed by atoms with E-state index in [0.717, 1.165) is 0 Å². The Morgan fingerprint density at radius 3 is 2.57 bits per heavy atom. The molecule has 1 N–H and O–H groups in total. The van der Waals surface area contributed by atoms with Gasteiger partial charge in [0.1, 0.15) is 0 Å². The molecule has 0 aliphatic heterocycles. The van der Waals surface area contributed by atoms with Gasteiger partial charge >= 0.3 is 29.6 Å². The van der Waals surface area contributed by atoms with Crippen molar-refractivity contribution in [2.45, 2.75) is 8.68 Å². The Hall–Kier alpha value is 1.17. The molecule has 0 aromatic carbocycles. The van der Waals surface area contributed by atoms with Crippen molar-refractivity contribution in [2.24, 2.45) is 0 Å². The number of hydrogen-bond acceptors (Lipinski definition) is 7. The first kappa shape index (κ1) is 15.2. The predicted octanol–water partition coefficient (Wildman–Crippen LogP) is 0.158. The van der Waals surface area contributed by atoms with E-state index in [1.807, 2.05) is 0 Å². The zero-order valence-corrected chi connectivity index (χ0v) is 9.59. The monoisotopic (exact) mass is 282 g/mol. The summed E-state index contributed by atoms with van der Waals surface area (Å²) in [6.45, 7) is 0. The molecule has 0 aliphatic rings. The fraction of sp³-hybridized carbons (Fsp3) is 0.500. The number of hydrogen-bond donors (Lipinski definition) is 2. The van der Waals surface area contributed by atoms with Gasteiger partial charge in [-0.1, -0.05) is 23.1 Å². The van der Waals surface area contributed by atoms with E-state index in [-0.39, 0.29) is 41.1 Å². The zero-order chi connectivity index (χ0) is 9.90. The van der Waals surface area contributed by atoms with Crippen LogP contribution < -0.4 is 0 Å². The van der Waals surface area contributed by atoms with Crippen molar-refractivity contribution in [3.8, 4) is 0 Å². The summed E-state index contributed by atoms with van der Waals surface area (Å²) in [5.41, 5.74) is 0. The summed E-state index contributed by atoms with van der Waals surface area (Å²) in [5.74, 6) is -0.0135. The topological polar surface area (TPSA) is 80.2 Å². The van der Waals surface area contributed by atoms with Gasteiger partial charge in [-0.2, -0.15) is 8.42 Å². The number of thiol groups is 1. The molecule has 5 nitrogen and oxygen atoms in total. The first-order chi connectivity index (χ1) is 5.97. The van der Waals surface area contributed by atoms with Crippen LogP contribution in [0.25, 0.3) is 0 Å². The molecule has 0 fully saturated rings. The maximum absolute atomic E-state index is 10.3. The van der Waals surface area contributed by atoms with Crippen molar-refractivity contribution in [2.75, 3.05) is 11.5 Å². The van der Waals surface area contributed by atoms with Crippen LogP contribution in [0.1, 0.15) is 0 Å². The molecule has 0 unspecified atom stereocenters. The summed E-state index contributed by atoms with van der Waals surface area (Å²) >= 11 is 6.44. The van der Waals surface area contributed by atoms with Crippen LogP contribution in [0.3, 0.4) is 0 Å². The molecule has 1 rings (SSSR count). The minimum absolute atomic E-state index is 0. The molecule has 14 heavy (non-hydrogen) atoms. The molecule has 76 valence electrons. The van der Waals surface area contributed by atoms with Gasteiger partial charge in [-0.15, -0.1) is 22.8 Å². The van der Waals surface area contributed by atoms with Gasteiger partial charge in [0, 0.05) is 5.75 Å². The van der Waals surface area contributed by atoms with Crippen molar-refractivity contribution >= 4 is 75.4 Å². The summed E-state index contributed by atoms with van der Waals surface area (Å²) in [6, 6.07) is 0. The number of thioether (sulfide) groups is 1. The van der Waals surface area contributed by atoms with Crippen LogP contribution in [0.5, 0.6) is 0 Å². The van der Waals surface area contributed by atoms with Crippen molar-refractivity contribution in [3.05, 3.63) is 0 Å². The molecule has 1 heterocycles. The Morgan fingerprint density at radius 2 is 2.14 bits per heavy atom. The fourth-order valence-corrected chi connectivity index (χ4v) is 3.48. The van der Waals surface area contributed by atoms with E-state index in [9.17, 15) is 8.42 Å². The Kier molecular flexibility index (Phi) is 7.25. The van der Waals surface area contributed by atoms with Crippen LogP contribution in [0.4, 0.5) is 0 Å². The number of rotatable bonds is 4. The summed E-state index contributed by atoms with van der Waals surface area (Å²) in [5, 5.41) is 7.35. The first-order valence-electron chi connectivity index (χ1n) is 3.08. The molecule has 0 saturated heterocycles. The summed E-state index contributed by atoms with van der Waals surface area (Å²) in [6.07, 6.45) is 0. The quantitative estimate of drug-likeness (QED) is 0.354.